The summed E-state index contributed by atoms with van der Waals surface area (Å²) in [6, 6.07) is 14.6. The topological polar surface area (TPSA) is 94.7 Å². The molecule has 0 unspecified atom stereocenters. The second-order valence-corrected chi connectivity index (χ2v) is 6.79. The maximum atomic E-state index is 13.0. The minimum Gasteiger partial charge on any atom is -0.493 e. The molecule has 0 atom stereocenters. The summed E-state index contributed by atoms with van der Waals surface area (Å²) in [6.45, 7) is 0.385. The van der Waals surface area contributed by atoms with Crippen molar-refractivity contribution < 1.29 is 23.7 Å². The van der Waals surface area contributed by atoms with E-state index in [4.69, 9.17) is 18.9 Å². The third-order valence-electron chi connectivity index (χ3n) is 5.01. The summed E-state index contributed by atoms with van der Waals surface area (Å²) in [5.74, 6) is 2.03. The zero-order valence-electron chi connectivity index (χ0n) is 18.5. The quantitative estimate of drug-likeness (QED) is 0.554. The summed E-state index contributed by atoms with van der Waals surface area (Å²) in [4.78, 5) is 13.0. The third kappa shape index (κ3) is 4.62. The highest BCUT2D eigenvalue weighted by Crippen LogP contribution is 2.30. The van der Waals surface area contributed by atoms with Gasteiger partial charge in [-0.05, 0) is 42.3 Å². The second kappa shape index (κ2) is 10.3. The molecule has 0 spiro atoms. The van der Waals surface area contributed by atoms with E-state index >= 15 is 0 Å². The molecule has 166 valence electrons. The van der Waals surface area contributed by atoms with Gasteiger partial charge in [0.25, 0.3) is 5.91 Å². The largest absolute Gasteiger partial charge is 0.493 e. The van der Waals surface area contributed by atoms with E-state index in [2.05, 4.69) is 11.4 Å². The Hall–Kier alpha value is -4.12. The van der Waals surface area contributed by atoms with Crippen LogP contribution in [0.3, 0.4) is 0 Å². The zero-order valence-corrected chi connectivity index (χ0v) is 18.5. The molecular weight excluding hydrogens is 410 g/mol. The van der Waals surface area contributed by atoms with E-state index in [1.807, 2.05) is 18.2 Å². The van der Waals surface area contributed by atoms with E-state index in [0.29, 0.717) is 41.7 Å². The van der Waals surface area contributed by atoms with E-state index in [1.165, 1.54) is 0 Å². The number of hydrogen-bond donors (Lipinski definition) is 1. The molecule has 8 nitrogen and oxygen atoms in total. The Morgan fingerprint density at radius 3 is 2.16 bits per heavy atom. The van der Waals surface area contributed by atoms with Gasteiger partial charge >= 0.3 is 0 Å². The molecule has 1 aromatic heterocycles. The molecule has 0 saturated heterocycles. The van der Waals surface area contributed by atoms with Crippen LogP contribution in [0.2, 0.25) is 0 Å². The van der Waals surface area contributed by atoms with Crippen molar-refractivity contribution in [2.75, 3.05) is 35.0 Å². The molecule has 0 radical (unpaired) electrons. The monoisotopic (exact) mass is 435 g/mol. The molecule has 8 heteroatoms. The third-order valence-corrected chi connectivity index (χ3v) is 5.01. The molecule has 3 aromatic rings. The van der Waals surface area contributed by atoms with E-state index < -0.39 is 0 Å². The van der Waals surface area contributed by atoms with Crippen molar-refractivity contribution in [2.24, 2.45) is 0 Å². The van der Waals surface area contributed by atoms with E-state index in [9.17, 15) is 10.1 Å². The minimum absolute atomic E-state index is 0.257. The Bertz CT molecular complexity index is 1150. The van der Waals surface area contributed by atoms with Gasteiger partial charge in [-0.3, -0.25) is 4.79 Å². The number of nitrogens with zero attached hydrogens (tertiary/aromatic N) is 2. The van der Waals surface area contributed by atoms with Gasteiger partial charge in [0.1, 0.15) is 11.8 Å². The predicted octanol–water partition coefficient (Wildman–Crippen LogP) is 3.36. The maximum Gasteiger partial charge on any atom is 0.269 e. The van der Waals surface area contributed by atoms with Crippen molar-refractivity contribution in [2.45, 2.75) is 6.42 Å². The lowest BCUT2D eigenvalue weighted by molar-refractivity contribution is 0.0947. The first-order chi connectivity index (χ1) is 15.6. The molecule has 0 aliphatic carbocycles. The fourth-order valence-corrected chi connectivity index (χ4v) is 3.38. The number of nitriles is 1. The molecule has 1 amide bonds. The van der Waals surface area contributed by atoms with Crippen LogP contribution in [0.5, 0.6) is 23.0 Å². The number of rotatable bonds is 9. The number of benzene rings is 2. The lowest BCUT2D eigenvalue weighted by Crippen LogP contribution is -2.28. The Morgan fingerprint density at radius 1 is 0.906 bits per heavy atom. The smallest absolute Gasteiger partial charge is 0.269 e. The summed E-state index contributed by atoms with van der Waals surface area (Å²) in [7, 11) is 6.26. The average Bonchev–Trinajstić information content (AvgIpc) is 3.27. The van der Waals surface area contributed by atoms with Crippen molar-refractivity contribution in [3.63, 3.8) is 0 Å². The number of methoxy groups -OCH3 is 4. The van der Waals surface area contributed by atoms with Crippen molar-refractivity contribution >= 4 is 5.91 Å². The Morgan fingerprint density at radius 2 is 1.53 bits per heavy atom. The van der Waals surface area contributed by atoms with Gasteiger partial charge in [-0.25, -0.2) is 0 Å². The number of nitrogens with one attached hydrogen (secondary N) is 1. The van der Waals surface area contributed by atoms with Gasteiger partial charge in [0.15, 0.2) is 23.0 Å². The van der Waals surface area contributed by atoms with Crippen LogP contribution in [0.25, 0.3) is 5.69 Å². The van der Waals surface area contributed by atoms with Crippen molar-refractivity contribution in [1.82, 2.24) is 9.88 Å². The summed E-state index contributed by atoms with van der Waals surface area (Å²) in [6.07, 6.45) is 2.27. The molecule has 0 saturated carbocycles. The number of aromatic nitrogens is 1. The Balaban J connectivity index is 1.79. The van der Waals surface area contributed by atoms with Crippen LogP contribution in [0.15, 0.2) is 48.7 Å². The fraction of sp³-hybridized carbons (Fsp3) is 0.250. The van der Waals surface area contributed by atoms with Crippen LogP contribution in [-0.4, -0.2) is 45.5 Å². The van der Waals surface area contributed by atoms with Crippen LogP contribution < -0.4 is 24.3 Å². The summed E-state index contributed by atoms with van der Waals surface area (Å²) in [5, 5.41) is 12.4. The van der Waals surface area contributed by atoms with Gasteiger partial charge in [-0.15, -0.1) is 0 Å². The standard InChI is InChI=1S/C24H25N3O5/c1-29-19-7-5-16(13-21(19)31-3)9-11-26-24(28)23-17(15-25)10-12-27(23)18-6-8-20(30-2)22(14-18)32-4/h5-8,10,12-14H,9,11H2,1-4H3,(H,26,28). The summed E-state index contributed by atoms with van der Waals surface area (Å²) in [5.41, 5.74) is 2.20. The molecule has 32 heavy (non-hydrogen) atoms. The predicted molar refractivity (Wildman–Crippen MR) is 119 cm³/mol. The summed E-state index contributed by atoms with van der Waals surface area (Å²) >= 11 is 0. The summed E-state index contributed by atoms with van der Waals surface area (Å²) < 4.78 is 22.9. The Labute approximate surface area is 186 Å². The van der Waals surface area contributed by atoms with Gasteiger partial charge in [-0.2, -0.15) is 5.26 Å². The molecule has 0 fully saturated rings. The SMILES string of the molecule is COc1ccc(CCNC(=O)c2c(C#N)ccn2-c2ccc(OC)c(OC)c2)cc1OC. The lowest BCUT2D eigenvalue weighted by atomic mass is 10.1. The molecule has 1 heterocycles. The average molecular weight is 435 g/mol. The number of hydrogen-bond acceptors (Lipinski definition) is 6. The maximum absolute atomic E-state index is 13.0. The van der Waals surface area contributed by atoms with Gasteiger partial charge in [0.05, 0.1) is 34.0 Å². The highest BCUT2D eigenvalue weighted by molar-refractivity contribution is 5.96. The normalized spacial score (nSPS) is 10.2. The first kappa shape index (κ1) is 22.6. The Kier molecular flexibility index (Phi) is 7.24. The molecular formula is C24H25N3O5. The fourth-order valence-electron chi connectivity index (χ4n) is 3.38. The molecule has 1 N–H and O–H groups in total. The van der Waals surface area contributed by atoms with Gasteiger partial charge in [0.2, 0.25) is 0 Å². The van der Waals surface area contributed by atoms with E-state index in [1.54, 1.807) is 63.5 Å². The van der Waals surface area contributed by atoms with Crippen LogP contribution in [-0.2, 0) is 6.42 Å². The number of carbonyl (C=O) groups excluding carboxylic acids is 1. The van der Waals surface area contributed by atoms with Gasteiger partial charge < -0.3 is 28.8 Å². The highest BCUT2D eigenvalue weighted by Gasteiger charge is 2.19. The molecule has 0 aliphatic heterocycles. The molecule has 2 aromatic carbocycles. The molecule has 0 aliphatic rings. The van der Waals surface area contributed by atoms with Gasteiger partial charge in [-0.1, -0.05) is 6.07 Å². The number of amides is 1. The van der Waals surface area contributed by atoms with Crippen molar-refractivity contribution in [1.29, 1.82) is 5.26 Å². The van der Waals surface area contributed by atoms with Crippen LogP contribution in [0, 0.1) is 11.3 Å². The first-order valence-corrected chi connectivity index (χ1v) is 9.89. The zero-order chi connectivity index (χ0) is 23.1. The molecule has 0 bridgehead atoms. The van der Waals surface area contributed by atoms with Crippen LogP contribution in [0.1, 0.15) is 21.6 Å². The number of carbonyl (C=O) groups is 1. The van der Waals surface area contributed by atoms with Crippen LogP contribution in [0.4, 0.5) is 0 Å². The molecule has 3 rings (SSSR count). The van der Waals surface area contributed by atoms with Crippen molar-refractivity contribution in [3.8, 4) is 34.8 Å². The second-order valence-electron chi connectivity index (χ2n) is 6.79. The first-order valence-electron chi connectivity index (χ1n) is 9.89. The van der Waals surface area contributed by atoms with Gasteiger partial charge in [0, 0.05) is 24.5 Å². The van der Waals surface area contributed by atoms with Crippen molar-refractivity contribution in [3.05, 3.63) is 65.5 Å². The van der Waals surface area contributed by atoms with Crippen LogP contribution >= 0.6 is 0 Å². The minimum atomic E-state index is -0.346. The van der Waals surface area contributed by atoms with E-state index in [-0.39, 0.29) is 17.2 Å². The lowest BCUT2D eigenvalue weighted by Gasteiger charge is -2.14. The number of ether oxygens (including phenoxy) is 4. The van der Waals surface area contributed by atoms with E-state index in [0.717, 1.165) is 5.56 Å². The highest BCUT2D eigenvalue weighted by atomic mass is 16.5.